The van der Waals surface area contributed by atoms with Crippen molar-refractivity contribution in [1.82, 2.24) is 15.2 Å². The van der Waals surface area contributed by atoms with Gasteiger partial charge in [-0.05, 0) is 17.7 Å². The van der Waals surface area contributed by atoms with Crippen LogP contribution in [0.4, 0.5) is 10.8 Å². The highest BCUT2D eigenvalue weighted by atomic mass is 32.1. The maximum atomic E-state index is 10.7. The molecule has 0 unspecified atom stereocenters. The predicted molar refractivity (Wildman–Crippen MR) is 83.6 cm³/mol. The third kappa shape index (κ3) is 3.23. The van der Waals surface area contributed by atoms with Gasteiger partial charge in [0.1, 0.15) is 5.69 Å². The van der Waals surface area contributed by atoms with Crippen molar-refractivity contribution in [3.63, 3.8) is 0 Å². The third-order valence-electron chi connectivity index (χ3n) is 2.87. The third-order valence-corrected chi connectivity index (χ3v) is 3.78. The number of anilines is 1. The molecule has 7 nitrogen and oxygen atoms in total. The van der Waals surface area contributed by atoms with E-state index in [1.807, 2.05) is 24.3 Å². The van der Waals surface area contributed by atoms with E-state index in [0.29, 0.717) is 11.7 Å². The van der Waals surface area contributed by atoms with Crippen LogP contribution in [0.5, 0.6) is 0 Å². The first kappa shape index (κ1) is 14.1. The molecule has 0 atom stereocenters. The minimum Gasteiger partial charge on any atom is -0.356 e. The summed E-state index contributed by atoms with van der Waals surface area (Å²) in [5.74, 6) is 0. The van der Waals surface area contributed by atoms with E-state index in [1.54, 1.807) is 12.3 Å². The van der Waals surface area contributed by atoms with Crippen molar-refractivity contribution in [1.29, 1.82) is 0 Å². The Kier molecular flexibility index (Phi) is 4.01. The van der Waals surface area contributed by atoms with Crippen molar-refractivity contribution < 1.29 is 4.92 Å². The molecule has 0 aliphatic rings. The van der Waals surface area contributed by atoms with Crippen LogP contribution in [0, 0.1) is 10.1 Å². The fraction of sp³-hybridized carbons (Fsp3) is 0.0714. The molecule has 3 aromatic rings. The van der Waals surface area contributed by atoms with Gasteiger partial charge in [-0.15, -0.1) is 10.2 Å². The fourth-order valence-corrected chi connectivity index (χ4v) is 2.56. The van der Waals surface area contributed by atoms with Crippen LogP contribution in [0.1, 0.15) is 5.56 Å². The lowest BCUT2D eigenvalue weighted by Crippen LogP contribution is -1.99. The van der Waals surface area contributed by atoms with E-state index in [0.717, 1.165) is 16.3 Å². The molecule has 0 saturated carbocycles. The van der Waals surface area contributed by atoms with Gasteiger partial charge in [-0.25, -0.2) is 0 Å². The largest absolute Gasteiger partial charge is 0.356 e. The summed E-state index contributed by atoms with van der Waals surface area (Å²) in [6.07, 6.45) is 1.70. The first-order chi connectivity index (χ1) is 10.7. The topological polar surface area (TPSA) is 93.8 Å². The lowest BCUT2D eigenvalue weighted by molar-refractivity contribution is -0.384. The number of nitrogens with one attached hydrogen (secondary N) is 1. The Morgan fingerprint density at radius 3 is 2.86 bits per heavy atom. The molecule has 0 radical (unpaired) electrons. The number of non-ortho nitro benzene ring substituents is 1. The SMILES string of the molecule is O=[N+]([O-])c1cccc(CNc2nnc(-c3ccccn3)s2)c1. The summed E-state index contributed by atoms with van der Waals surface area (Å²) < 4.78 is 0. The molecule has 22 heavy (non-hydrogen) atoms. The molecular formula is C14H11N5O2S. The molecular weight excluding hydrogens is 302 g/mol. The molecule has 110 valence electrons. The van der Waals surface area contributed by atoms with Gasteiger partial charge in [-0.2, -0.15) is 0 Å². The standard InChI is InChI=1S/C14H11N5O2S/c20-19(21)11-5-3-4-10(8-11)9-16-14-18-17-13(22-14)12-6-1-2-7-15-12/h1-8H,9H2,(H,16,18). The van der Waals surface area contributed by atoms with Crippen LogP contribution in [0.2, 0.25) is 0 Å². The second-order valence-electron chi connectivity index (χ2n) is 4.41. The van der Waals surface area contributed by atoms with E-state index in [2.05, 4.69) is 20.5 Å². The first-order valence-electron chi connectivity index (χ1n) is 6.44. The van der Waals surface area contributed by atoms with E-state index < -0.39 is 4.92 Å². The normalized spacial score (nSPS) is 10.4. The number of pyridine rings is 1. The lowest BCUT2D eigenvalue weighted by Gasteiger charge is -2.01. The van der Waals surface area contributed by atoms with Crippen LogP contribution in [0.3, 0.4) is 0 Å². The van der Waals surface area contributed by atoms with Gasteiger partial charge in [-0.3, -0.25) is 15.1 Å². The van der Waals surface area contributed by atoms with Crippen LogP contribution in [-0.4, -0.2) is 20.1 Å². The number of nitro groups is 1. The van der Waals surface area contributed by atoms with Crippen LogP contribution in [0.15, 0.2) is 48.7 Å². The maximum absolute atomic E-state index is 10.7. The van der Waals surface area contributed by atoms with E-state index in [1.165, 1.54) is 23.5 Å². The van der Waals surface area contributed by atoms with Crippen molar-refractivity contribution in [3.8, 4) is 10.7 Å². The van der Waals surface area contributed by atoms with Gasteiger partial charge >= 0.3 is 0 Å². The highest BCUT2D eigenvalue weighted by molar-refractivity contribution is 7.18. The summed E-state index contributed by atoms with van der Waals surface area (Å²) in [6, 6.07) is 12.1. The number of aromatic nitrogens is 3. The molecule has 2 heterocycles. The summed E-state index contributed by atoms with van der Waals surface area (Å²) in [5, 5.41) is 23.4. The second kappa shape index (κ2) is 6.27. The van der Waals surface area contributed by atoms with Crippen molar-refractivity contribution >= 4 is 22.2 Å². The second-order valence-corrected chi connectivity index (χ2v) is 5.39. The molecule has 0 fully saturated rings. The fourth-order valence-electron chi connectivity index (χ4n) is 1.85. The van der Waals surface area contributed by atoms with Gasteiger partial charge in [-0.1, -0.05) is 29.5 Å². The smallest absolute Gasteiger partial charge is 0.269 e. The van der Waals surface area contributed by atoms with Crippen LogP contribution < -0.4 is 5.32 Å². The Hall–Kier alpha value is -2.87. The Morgan fingerprint density at radius 2 is 2.09 bits per heavy atom. The van der Waals surface area contributed by atoms with E-state index in [9.17, 15) is 10.1 Å². The highest BCUT2D eigenvalue weighted by Gasteiger charge is 2.08. The number of benzene rings is 1. The monoisotopic (exact) mass is 313 g/mol. The van der Waals surface area contributed by atoms with Gasteiger partial charge in [0.25, 0.3) is 5.69 Å². The number of hydrogen-bond acceptors (Lipinski definition) is 7. The van der Waals surface area contributed by atoms with Gasteiger partial charge in [0, 0.05) is 24.9 Å². The average molecular weight is 313 g/mol. The maximum Gasteiger partial charge on any atom is 0.269 e. The number of hydrogen-bond donors (Lipinski definition) is 1. The zero-order valence-electron chi connectivity index (χ0n) is 11.3. The van der Waals surface area contributed by atoms with Gasteiger partial charge in [0.15, 0.2) is 5.01 Å². The lowest BCUT2D eigenvalue weighted by atomic mass is 10.2. The predicted octanol–water partition coefficient (Wildman–Crippen LogP) is 3.12. The van der Waals surface area contributed by atoms with Crippen molar-refractivity contribution in [2.24, 2.45) is 0 Å². The Bertz CT molecular complexity index is 791. The molecule has 2 aromatic heterocycles. The first-order valence-corrected chi connectivity index (χ1v) is 7.26. The zero-order valence-corrected chi connectivity index (χ0v) is 12.2. The molecule has 8 heteroatoms. The quantitative estimate of drug-likeness (QED) is 0.574. The molecule has 0 aliphatic carbocycles. The summed E-state index contributed by atoms with van der Waals surface area (Å²) in [5.41, 5.74) is 1.65. The van der Waals surface area contributed by atoms with Crippen molar-refractivity contribution in [2.45, 2.75) is 6.54 Å². The molecule has 0 bridgehead atoms. The van der Waals surface area contributed by atoms with E-state index in [-0.39, 0.29) is 5.69 Å². The van der Waals surface area contributed by atoms with E-state index in [4.69, 9.17) is 0 Å². The van der Waals surface area contributed by atoms with Crippen molar-refractivity contribution in [3.05, 3.63) is 64.3 Å². The van der Waals surface area contributed by atoms with Gasteiger partial charge in [0.05, 0.1) is 4.92 Å². The minimum atomic E-state index is -0.409. The Labute approximate surface area is 129 Å². The molecule has 3 rings (SSSR count). The van der Waals surface area contributed by atoms with Crippen LogP contribution in [0.25, 0.3) is 10.7 Å². The van der Waals surface area contributed by atoms with Crippen LogP contribution in [-0.2, 0) is 6.54 Å². The molecule has 1 N–H and O–H groups in total. The Morgan fingerprint density at radius 1 is 1.18 bits per heavy atom. The molecule has 0 aliphatic heterocycles. The molecule has 0 amide bonds. The summed E-state index contributed by atoms with van der Waals surface area (Å²) >= 11 is 1.39. The average Bonchev–Trinajstić information content (AvgIpc) is 3.03. The minimum absolute atomic E-state index is 0.0748. The summed E-state index contributed by atoms with van der Waals surface area (Å²) in [6.45, 7) is 0.443. The van der Waals surface area contributed by atoms with Crippen molar-refractivity contribution in [2.75, 3.05) is 5.32 Å². The van der Waals surface area contributed by atoms with Gasteiger partial charge < -0.3 is 5.32 Å². The summed E-state index contributed by atoms with van der Waals surface area (Å²) in [4.78, 5) is 14.6. The van der Waals surface area contributed by atoms with Gasteiger partial charge in [0.2, 0.25) is 5.13 Å². The number of nitro benzene ring substituents is 1. The van der Waals surface area contributed by atoms with E-state index >= 15 is 0 Å². The zero-order chi connectivity index (χ0) is 15.4. The Balaban J connectivity index is 1.69. The summed E-state index contributed by atoms with van der Waals surface area (Å²) in [7, 11) is 0. The highest BCUT2D eigenvalue weighted by Crippen LogP contribution is 2.24. The number of nitrogens with zero attached hydrogens (tertiary/aromatic N) is 4. The van der Waals surface area contributed by atoms with Crippen LogP contribution >= 0.6 is 11.3 Å². The number of rotatable bonds is 5. The molecule has 0 spiro atoms. The molecule has 0 saturated heterocycles. The molecule has 1 aromatic carbocycles.